The molecule has 3 aromatic rings. The smallest absolute Gasteiger partial charge is 0.0355 e. The van der Waals surface area contributed by atoms with Gasteiger partial charge in [-0.2, -0.15) is 0 Å². The fourth-order valence-electron chi connectivity index (χ4n) is 2.60. The van der Waals surface area contributed by atoms with Crippen molar-refractivity contribution in [3.8, 4) is 0 Å². The van der Waals surface area contributed by atoms with E-state index in [2.05, 4.69) is 16.0 Å². The molecule has 106 valence electrons. The summed E-state index contributed by atoms with van der Waals surface area (Å²) in [7, 11) is 0. The molecule has 1 atom stereocenters. The van der Waals surface area contributed by atoms with E-state index in [1.54, 1.807) is 0 Å². The number of benzene rings is 1. The van der Waals surface area contributed by atoms with Gasteiger partial charge in [0.1, 0.15) is 0 Å². The Labute approximate surface area is 123 Å². The minimum absolute atomic E-state index is 0.144. The number of aromatic amines is 1. The lowest BCUT2D eigenvalue weighted by Crippen LogP contribution is -2.09. The molecule has 2 heterocycles. The number of anilines is 2. The van der Waals surface area contributed by atoms with E-state index in [9.17, 15) is 0 Å². The Kier molecular flexibility index (Phi) is 3.60. The summed E-state index contributed by atoms with van der Waals surface area (Å²) < 4.78 is 0. The van der Waals surface area contributed by atoms with E-state index in [1.165, 1.54) is 5.56 Å². The third kappa shape index (κ3) is 2.89. The number of nitrogens with two attached hydrogens (primary N) is 2. The molecule has 0 aliphatic heterocycles. The lowest BCUT2D eigenvalue weighted by Gasteiger charge is -2.19. The molecule has 0 spiro atoms. The molecule has 4 nitrogen and oxygen atoms in total. The zero-order valence-electron chi connectivity index (χ0n) is 11.7. The molecular formula is C17H18N4. The van der Waals surface area contributed by atoms with Crippen molar-refractivity contribution in [3.63, 3.8) is 0 Å². The van der Waals surface area contributed by atoms with Gasteiger partial charge in [0.25, 0.3) is 0 Å². The van der Waals surface area contributed by atoms with E-state index in [1.807, 2.05) is 55.0 Å². The Morgan fingerprint density at radius 2 is 1.86 bits per heavy atom. The van der Waals surface area contributed by atoms with Crippen molar-refractivity contribution >= 4 is 11.4 Å². The van der Waals surface area contributed by atoms with Gasteiger partial charge in [-0.25, -0.2) is 0 Å². The van der Waals surface area contributed by atoms with Crippen molar-refractivity contribution in [2.24, 2.45) is 0 Å². The van der Waals surface area contributed by atoms with Crippen LogP contribution in [0.3, 0.4) is 0 Å². The van der Waals surface area contributed by atoms with Crippen molar-refractivity contribution < 1.29 is 0 Å². The molecule has 3 rings (SSSR count). The summed E-state index contributed by atoms with van der Waals surface area (Å²) in [5.74, 6) is 0.144. The fraction of sp³-hybridized carbons (Fsp3) is 0.118. The predicted octanol–water partition coefficient (Wildman–Crippen LogP) is 2.95. The number of H-pyrrole nitrogens is 1. The van der Waals surface area contributed by atoms with Crippen molar-refractivity contribution in [2.45, 2.75) is 12.3 Å². The number of nitrogens with one attached hydrogen (secondary N) is 1. The number of hydrogen-bond donors (Lipinski definition) is 3. The van der Waals surface area contributed by atoms with Gasteiger partial charge in [-0.15, -0.1) is 0 Å². The summed E-state index contributed by atoms with van der Waals surface area (Å²) in [5.41, 5.74) is 17.0. The minimum Gasteiger partial charge on any atom is -0.399 e. The van der Waals surface area contributed by atoms with Gasteiger partial charge >= 0.3 is 0 Å². The third-order valence-electron chi connectivity index (χ3n) is 3.67. The number of hydrogen-bond acceptors (Lipinski definition) is 3. The Bertz CT molecular complexity index is 705. The Balaban J connectivity index is 2.02. The van der Waals surface area contributed by atoms with E-state index in [0.717, 1.165) is 29.1 Å². The fourth-order valence-corrected chi connectivity index (χ4v) is 2.60. The van der Waals surface area contributed by atoms with Crippen LogP contribution in [0.15, 0.2) is 61.1 Å². The van der Waals surface area contributed by atoms with Crippen LogP contribution in [0.1, 0.15) is 22.7 Å². The topological polar surface area (TPSA) is 80.7 Å². The van der Waals surface area contributed by atoms with E-state index >= 15 is 0 Å². The molecule has 0 radical (unpaired) electrons. The van der Waals surface area contributed by atoms with Gasteiger partial charge in [-0.3, -0.25) is 4.98 Å². The lowest BCUT2D eigenvalue weighted by atomic mass is 9.88. The molecule has 5 N–H and O–H groups in total. The molecule has 0 saturated carbocycles. The zero-order valence-corrected chi connectivity index (χ0v) is 11.7. The van der Waals surface area contributed by atoms with Gasteiger partial charge < -0.3 is 16.5 Å². The van der Waals surface area contributed by atoms with Crippen LogP contribution in [0.2, 0.25) is 0 Å². The monoisotopic (exact) mass is 278 g/mol. The highest BCUT2D eigenvalue weighted by Gasteiger charge is 2.18. The van der Waals surface area contributed by atoms with Crippen molar-refractivity contribution in [1.82, 2.24) is 9.97 Å². The average molecular weight is 278 g/mol. The lowest BCUT2D eigenvalue weighted by molar-refractivity contribution is 0.782. The molecule has 0 bridgehead atoms. The van der Waals surface area contributed by atoms with E-state index in [4.69, 9.17) is 11.5 Å². The summed E-state index contributed by atoms with van der Waals surface area (Å²) in [6.07, 6.45) is 6.39. The van der Waals surface area contributed by atoms with Gasteiger partial charge in [0, 0.05) is 41.6 Å². The first-order valence-corrected chi connectivity index (χ1v) is 6.91. The molecule has 1 aromatic carbocycles. The normalized spacial score (nSPS) is 12.2. The van der Waals surface area contributed by atoms with Crippen LogP contribution in [0.4, 0.5) is 11.4 Å². The number of aromatic nitrogens is 2. The van der Waals surface area contributed by atoms with Crippen LogP contribution in [0.25, 0.3) is 0 Å². The molecule has 1 unspecified atom stereocenters. The van der Waals surface area contributed by atoms with Crippen LogP contribution in [0, 0.1) is 0 Å². The predicted molar refractivity (Wildman–Crippen MR) is 85.8 cm³/mol. The van der Waals surface area contributed by atoms with Crippen LogP contribution < -0.4 is 11.5 Å². The summed E-state index contributed by atoms with van der Waals surface area (Å²) in [4.78, 5) is 7.36. The Morgan fingerprint density at radius 1 is 1.05 bits per heavy atom. The number of nitrogens with zero attached hydrogens (tertiary/aromatic N) is 1. The van der Waals surface area contributed by atoms with Crippen molar-refractivity contribution in [3.05, 3.63) is 77.9 Å². The van der Waals surface area contributed by atoms with E-state index in [-0.39, 0.29) is 5.92 Å². The van der Waals surface area contributed by atoms with E-state index < -0.39 is 0 Å². The first kappa shape index (κ1) is 13.2. The maximum Gasteiger partial charge on any atom is 0.0355 e. The van der Waals surface area contributed by atoms with Crippen LogP contribution in [0.5, 0.6) is 0 Å². The van der Waals surface area contributed by atoms with Crippen LogP contribution in [-0.4, -0.2) is 9.97 Å². The molecule has 0 amide bonds. The van der Waals surface area contributed by atoms with Crippen LogP contribution >= 0.6 is 0 Å². The summed E-state index contributed by atoms with van der Waals surface area (Å²) in [6, 6.07) is 13.8. The second kappa shape index (κ2) is 5.71. The van der Waals surface area contributed by atoms with E-state index in [0.29, 0.717) is 0 Å². The highest BCUT2D eigenvalue weighted by atomic mass is 14.7. The Morgan fingerprint density at radius 3 is 2.57 bits per heavy atom. The van der Waals surface area contributed by atoms with Crippen LogP contribution in [-0.2, 0) is 6.42 Å². The first-order chi connectivity index (χ1) is 10.2. The molecule has 0 aliphatic carbocycles. The quantitative estimate of drug-likeness (QED) is 0.642. The molecule has 4 heteroatoms. The van der Waals surface area contributed by atoms with Gasteiger partial charge in [0.2, 0.25) is 0 Å². The SMILES string of the molecule is Nc1ccc(N)c(C(Cc2ccncc2)c2ccc[nH]2)c1. The third-order valence-corrected chi connectivity index (χ3v) is 3.67. The maximum absolute atomic E-state index is 6.17. The minimum atomic E-state index is 0.144. The largest absolute Gasteiger partial charge is 0.399 e. The highest BCUT2D eigenvalue weighted by Crippen LogP contribution is 2.32. The second-order valence-electron chi connectivity index (χ2n) is 5.13. The number of pyridine rings is 1. The summed E-state index contributed by atoms with van der Waals surface area (Å²) >= 11 is 0. The number of rotatable bonds is 4. The average Bonchev–Trinajstić information content (AvgIpc) is 3.03. The van der Waals surface area contributed by atoms with Gasteiger partial charge in [-0.05, 0) is 60.0 Å². The molecular weight excluding hydrogens is 260 g/mol. The number of nitrogen functional groups attached to an aromatic ring is 2. The van der Waals surface area contributed by atoms with Gasteiger partial charge in [0.05, 0.1) is 0 Å². The molecule has 21 heavy (non-hydrogen) atoms. The zero-order chi connectivity index (χ0) is 14.7. The molecule has 2 aromatic heterocycles. The van der Waals surface area contributed by atoms with Gasteiger partial charge in [0.15, 0.2) is 0 Å². The summed E-state index contributed by atoms with van der Waals surface area (Å²) in [6.45, 7) is 0. The van der Waals surface area contributed by atoms with Crippen molar-refractivity contribution in [1.29, 1.82) is 0 Å². The standard InChI is InChI=1S/C17H18N4/c18-13-3-4-16(19)14(11-13)15(17-2-1-7-21-17)10-12-5-8-20-9-6-12/h1-9,11,15,21H,10,18-19H2. The van der Waals surface area contributed by atoms with Gasteiger partial charge in [-0.1, -0.05) is 0 Å². The second-order valence-corrected chi connectivity index (χ2v) is 5.13. The molecule has 0 saturated heterocycles. The summed E-state index contributed by atoms with van der Waals surface area (Å²) in [5, 5.41) is 0. The van der Waals surface area contributed by atoms with Crippen molar-refractivity contribution in [2.75, 3.05) is 11.5 Å². The molecule has 0 fully saturated rings. The molecule has 0 aliphatic rings. The first-order valence-electron chi connectivity index (χ1n) is 6.91. The Hall–Kier alpha value is -2.75. The maximum atomic E-state index is 6.17. The highest BCUT2D eigenvalue weighted by molar-refractivity contribution is 5.58.